The third-order valence-electron chi connectivity index (χ3n) is 3.48. The van der Waals surface area contributed by atoms with Crippen molar-refractivity contribution in [3.05, 3.63) is 58.1 Å². The van der Waals surface area contributed by atoms with Gasteiger partial charge >= 0.3 is 0 Å². The van der Waals surface area contributed by atoms with Gasteiger partial charge in [0, 0.05) is 10.0 Å². The minimum absolute atomic E-state index is 0.412. The predicted octanol–water partition coefficient (Wildman–Crippen LogP) is 4.97. The highest BCUT2D eigenvalue weighted by molar-refractivity contribution is 9.10. The van der Waals surface area contributed by atoms with Crippen molar-refractivity contribution in [2.24, 2.45) is 0 Å². The molecule has 0 amide bonds. The standard InChI is InChI=1S/C17H15BrN2O/c1-10-3-5-12(6-4-10)15-16(21-20-17(15)19)13-7-8-14(18)11(2)9-13/h3-9H,1-2H3,(H2,19,20). The van der Waals surface area contributed by atoms with Crippen LogP contribution < -0.4 is 5.73 Å². The summed E-state index contributed by atoms with van der Waals surface area (Å²) in [5.74, 6) is 1.11. The first kappa shape index (κ1) is 13.9. The van der Waals surface area contributed by atoms with E-state index in [0.717, 1.165) is 26.7 Å². The quantitative estimate of drug-likeness (QED) is 0.715. The second-order valence-corrected chi connectivity index (χ2v) is 5.96. The van der Waals surface area contributed by atoms with Crippen molar-refractivity contribution < 1.29 is 4.52 Å². The van der Waals surface area contributed by atoms with Crippen LogP contribution in [0.3, 0.4) is 0 Å². The van der Waals surface area contributed by atoms with Crippen LogP contribution in [0.5, 0.6) is 0 Å². The second-order valence-electron chi connectivity index (χ2n) is 5.10. The summed E-state index contributed by atoms with van der Waals surface area (Å²) in [5.41, 5.74) is 11.2. The highest BCUT2D eigenvalue weighted by Gasteiger charge is 2.17. The van der Waals surface area contributed by atoms with E-state index in [2.05, 4.69) is 46.2 Å². The van der Waals surface area contributed by atoms with Crippen LogP contribution in [0.2, 0.25) is 0 Å². The van der Waals surface area contributed by atoms with Crippen molar-refractivity contribution in [1.82, 2.24) is 5.16 Å². The molecule has 0 unspecified atom stereocenters. The molecule has 106 valence electrons. The summed E-state index contributed by atoms with van der Waals surface area (Å²) >= 11 is 3.51. The largest absolute Gasteiger partial charge is 0.380 e. The van der Waals surface area contributed by atoms with Crippen molar-refractivity contribution in [2.75, 3.05) is 5.73 Å². The number of anilines is 1. The lowest BCUT2D eigenvalue weighted by atomic mass is 10.00. The Morgan fingerprint density at radius 1 is 1.00 bits per heavy atom. The molecule has 4 heteroatoms. The zero-order chi connectivity index (χ0) is 15.0. The van der Waals surface area contributed by atoms with Gasteiger partial charge in [-0.1, -0.05) is 50.9 Å². The molecule has 3 rings (SSSR count). The fourth-order valence-electron chi connectivity index (χ4n) is 2.28. The van der Waals surface area contributed by atoms with Crippen LogP contribution in [0.25, 0.3) is 22.5 Å². The lowest BCUT2D eigenvalue weighted by Crippen LogP contribution is -1.89. The molecule has 0 saturated heterocycles. The molecule has 0 aliphatic heterocycles. The van der Waals surface area contributed by atoms with Gasteiger partial charge in [0.15, 0.2) is 11.6 Å². The van der Waals surface area contributed by atoms with E-state index in [0.29, 0.717) is 11.6 Å². The number of aryl methyl sites for hydroxylation is 2. The number of hydrogen-bond donors (Lipinski definition) is 1. The molecule has 21 heavy (non-hydrogen) atoms. The minimum atomic E-state index is 0.412. The third-order valence-corrected chi connectivity index (χ3v) is 4.37. The molecule has 0 atom stereocenters. The van der Waals surface area contributed by atoms with Crippen LogP contribution in [0.4, 0.5) is 5.82 Å². The average Bonchev–Trinajstić information content (AvgIpc) is 2.85. The number of nitrogens with two attached hydrogens (primary N) is 1. The molecule has 0 aliphatic rings. The lowest BCUT2D eigenvalue weighted by molar-refractivity contribution is 0.436. The van der Waals surface area contributed by atoms with Gasteiger partial charge in [0.25, 0.3) is 0 Å². The van der Waals surface area contributed by atoms with E-state index in [4.69, 9.17) is 10.3 Å². The molecule has 2 aromatic carbocycles. The van der Waals surface area contributed by atoms with E-state index in [1.807, 2.05) is 31.2 Å². The number of nitrogens with zero attached hydrogens (tertiary/aromatic N) is 1. The molecule has 0 spiro atoms. The lowest BCUT2D eigenvalue weighted by Gasteiger charge is -2.05. The molecule has 1 heterocycles. The smallest absolute Gasteiger partial charge is 0.176 e. The molecular weight excluding hydrogens is 328 g/mol. The van der Waals surface area contributed by atoms with Gasteiger partial charge in [0.1, 0.15) is 0 Å². The van der Waals surface area contributed by atoms with Gasteiger partial charge in [-0.25, -0.2) is 0 Å². The number of rotatable bonds is 2. The van der Waals surface area contributed by atoms with Crippen molar-refractivity contribution >= 4 is 21.7 Å². The molecule has 0 fully saturated rings. The summed E-state index contributed by atoms with van der Waals surface area (Å²) < 4.78 is 6.54. The number of halogens is 1. The van der Waals surface area contributed by atoms with Crippen LogP contribution >= 0.6 is 15.9 Å². The van der Waals surface area contributed by atoms with Gasteiger partial charge in [-0.15, -0.1) is 0 Å². The average molecular weight is 343 g/mol. The summed E-state index contributed by atoms with van der Waals surface area (Å²) in [7, 11) is 0. The summed E-state index contributed by atoms with van der Waals surface area (Å²) in [4.78, 5) is 0. The minimum Gasteiger partial charge on any atom is -0.380 e. The van der Waals surface area contributed by atoms with Gasteiger partial charge in [0.05, 0.1) is 5.56 Å². The van der Waals surface area contributed by atoms with Gasteiger partial charge in [-0.05, 0) is 43.2 Å². The Labute approximate surface area is 131 Å². The number of nitrogen functional groups attached to an aromatic ring is 1. The number of aromatic nitrogens is 1. The molecular formula is C17H15BrN2O. The van der Waals surface area contributed by atoms with Crippen molar-refractivity contribution in [1.29, 1.82) is 0 Å². The Hall–Kier alpha value is -2.07. The fourth-order valence-corrected chi connectivity index (χ4v) is 2.53. The van der Waals surface area contributed by atoms with Crippen LogP contribution in [0.1, 0.15) is 11.1 Å². The summed E-state index contributed by atoms with van der Waals surface area (Å²) in [6, 6.07) is 14.2. The van der Waals surface area contributed by atoms with Crippen LogP contribution in [0.15, 0.2) is 51.5 Å². The predicted molar refractivity (Wildman–Crippen MR) is 89.0 cm³/mol. The number of benzene rings is 2. The summed E-state index contributed by atoms with van der Waals surface area (Å²) in [6.45, 7) is 4.10. The Bertz CT molecular complexity index is 791. The monoisotopic (exact) mass is 342 g/mol. The molecule has 1 aromatic heterocycles. The third kappa shape index (κ3) is 2.59. The fraction of sp³-hybridized carbons (Fsp3) is 0.118. The Balaban J connectivity index is 2.16. The Kier molecular flexibility index (Phi) is 3.55. The maximum atomic E-state index is 6.00. The molecule has 0 radical (unpaired) electrons. The normalized spacial score (nSPS) is 10.8. The highest BCUT2D eigenvalue weighted by atomic mass is 79.9. The van der Waals surface area contributed by atoms with E-state index in [-0.39, 0.29) is 0 Å². The van der Waals surface area contributed by atoms with Crippen LogP contribution in [-0.2, 0) is 0 Å². The molecule has 0 aliphatic carbocycles. The van der Waals surface area contributed by atoms with Crippen molar-refractivity contribution in [3.63, 3.8) is 0 Å². The zero-order valence-corrected chi connectivity index (χ0v) is 13.4. The SMILES string of the molecule is Cc1ccc(-c2c(N)noc2-c2ccc(Br)c(C)c2)cc1. The molecule has 2 N–H and O–H groups in total. The summed E-state index contributed by atoms with van der Waals surface area (Å²) in [6.07, 6.45) is 0. The first-order chi connectivity index (χ1) is 10.1. The molecule has 0 saturated carbocycles. The van der Waals surface area contributed by atoms with E-state index >= 15 is 0 Å². The molecule has 3 nitrogen and oxygen atoms in total. The first-order valence-corrected chi connectivity index (χ1v) is 7.44. The first-order valence-electron chi connectivity index (χ1n) is 6.65. The second kappa shape index (κ2) is 5.37. The van der Waals surface area contributed by atoms with E-state index in [1.165, 1.54) is 5.56 Å². The molecule has 3 aromatic rings. The summed E-state index contributed by atoms with van der Waals surface area (Å²) in [5, 5.41) is 3.93. The van der Waals surface area contributed by atoms with Gasteiger partial charge < -0.3 is 10.3 Å². The van der Waals surface area contributed by atoms with Crippen LogP contribution in [0, 0.1) is 13.8 Å². The highest BCUT2D eigenvalue weighted by Crippen LogP contribution is 2.37. The van der Waals surface area contributed by atoms with Crippen molar-refractivity contribution in [3.8, 4) is 22.5 Å². The van der Waals surface area contributed by atoms with Crippen LogP contribution in [-0.4, -0.2) is 5.16 Å². The maximum Gasteiger partial charge on any atom is 0.176 e. The number of hydrogen-bond acceptors (Lipinski definition) is 3. The van der Waals surface area contributed by atoms with Gasteiger partial charge in [-0.3, -0.25) is 0 Å². The Morgan fingerprint density at radius 3 is 2.33 bits per heavy atom. The van der Waals surface area contributed by atoms with Gasteiger partial charge in [0.2, 0.25) is 0 Å². The van der Waals surface area contributed by atoms with Crippen molar-refractivity contribution in [2.45, 2.75) is 13.8 Å². The topological polar surface area (TPSA) is 52.0 Å². The van der Waals surface area contributed by atoms with Gasteiger partial charge in [-0.2, -0.15) is 0 Å². The molecule has 0 bridgehead atoms. The van der Waals surface area contributed by atoms with E-state index < -0.39 is 0 Å². The van der Waals surface area contributed by atoms with E-state index in [1.54, 1.807) is 0 Å². The van der Waals surface area contributed by atoms with E-state index in [9.17, 15) is 0 Å². The zero-order valence-electron chi connectivity index (χ0n) is 11.9. The maximum absolute atomic E-state index is 6.00. The Morgan fingerprint density at radius 2 is 1.67 bits per heavy atom.